The van der Waals surface area contributed by atoms with Crippen LogP contribution in [0.5, 0.6) is 0 Å². The fraction of sp³-hybridized carbons (Fsp3) is 1.00. The van der Waals surface area contributed by atoms with Gasteiger partial charge in [-0.05, 0) is 52.5 Å². The van der Waals surface area contributed by atoms with Crippen molar-refractivity contribution in [3.8, 4) is 0 Å². The molecule has 0 aliphatic heterocycles. The summed E-state index contributed by atoms with van der Waals surface area (Å²) >= 11 is 0. The summed E-state index contributed by atoms with van der Waals surface area (Å²) in [7, 11) is 0. The van der Waals surface area contributed by atoms with Crippen LogP contribution in [0.2, 0.25) is 0 Å². The van der Waals surface area contributed by atoms with Crippen molar-refractivity contribution in [3.63, 3.8) is 0 Å². The summed E-state index contributed by atoms with van der Waals surface area (Å²) in [5, 5.41) is 13.0. The van der Waals surface area contributed by atoms with Crippen LogP contribution in [0, 0.1) is 5.41 Å². The van der Waals surface area contributed by atoms with Crippen LogP contribution in [-0.2, 0) is 4.74 Å². The molecule has 0 saturated heterocycles. The summed E-state index contributed by atoms with van der Waals surface area (Å²) < 4.78 is 5.91. The summed E-state index contributed by atoms with van der Waals surface area (Å²) in [4.78, 5) is 0. The van der Waals surface area contributed by atoms with E-state index < -0.39 is 0 Å². The lowest BCUT2D eigenvalue weighted by atomic mass is 9.60. The Labute approximate surface area is 111 Å². The van der Waals surface area contributed by atoms with Gasteiger partial charge in [-0.1, -0.05) is 12.8 Å². The molecule has 1 spiro atoms. The monoisotopic (exact) mass is 255 g/mol. The van der Waals surface area contributed by atoms with Crippen LogP contribution >= 0.6 is 0 Å². The van der Waals surface area contributed by atoms with E-state index in [1.54, 1.807) is 0 Å². The van der Waals surface area contributed by atoms with Crippen LogP contribution in [0.15, 0.2) is 0 Å². The summed E-state index contributed by atoms with van der Waals surface area (Å²) in [6.07, 6.45) is 8.92. The molecule has 3 atom stereocenters. The maximum absolute atomic E-state index is 9.26. The molecule has 0 heterocycles. The maximum atomic E-state index is 9.26. The summed E-state index contributed by atoms with van der Waals surface area (Å²) in [6, 6.07) is 0.658. The highest BCUT2D eigenvalue weighted by Crippen LogP contribution is 2.54. The molecule has 0 bridgehead atoms. The lowest BCUT2D eigenvalue weighted by Crippen LogP contribution is -2.62. The topological polar surface area (TPSA) is 41.5 Å². The van der Waals surface area contributed by atoms with Crippen molar-refractivity contribution in [2.45, 2.75) is 77.0 Å². The SMILES string of the molecule is CCOC1CC(NCCCC(C)O)C12CCCC2. The molecule has 2 saturated carbocycles. The largest absolute Gasteiger partial charge is 0.393 e. The highest BCUT2D eigenvalue weighted by molar-refractivity contribution is 5.09. The minimum Gasteiger partial charge on any atom is -0.393 e. The van der Waals surface area contributed by atoms with E-state index in [1.165, 1.54) is 32.1 Å². The van der Waals surface area contributed by atoms with Crippen LogP contribution in [-0.4, -0.2) is 36.5 Å². The molecule has 0 aromatic carbocycles. The standard InChI is InChI=1S/C15H29NO2/c1-3-18-14-11-13(15(14)8-4-5-9-15)16-10-6-7-12(2)17/h12-14,16-17H,3-11H2,1-2H3. The lowest BCUT2D eigenvalue weighted by Gasteiger charge is -2.54. The van der Waals surface area contributed by atoms with E-state index in [0.717, 1.165) is 26.0 Å². The van der Waals surface area contributed by atoms with E-state index in [4.69, 9.17) is 4.74 Å². The second-order valence-corrected chi connectivity index (χ2v) is 6.12. The smallest absolute Gasteiger partial charge is 0.0661 e. The molecule has 3 unspecified atom stereocenters. The third-order valence-corrected chi connectivity index (χ3v) is 4.88. The van der Waals surface area contributed by atoms with Gasteiger partial charge < -0.3 is 15.2 Å². The average Bonchev–Trinajstić information content (AvgIpc) is 2.83. The van der Waals surface area contributed by atoms with Crippen molar-refractivity contribution in [2.75, 3.05) is 13.2 Å². The van der Waals surface area contributed by atoms with Crippen molar-refractivity contribution in [1.82, 2.24) is 5.32 Å². The van der Waals surface area contributed by atoms with Gasteiger partial charge in [0.2, 0.25) is 0 Å². The molecule has 106 valence electrons. The first-order valence-electron chi connectivity index (χ1n) is 7.72. The molecule has 2 aliphatic rings. The van der Waals surface area contributed by atoms with E-state index in [-0.39, 0.29) is 6.10 Å². The van der Waals surface area contributed by atoms with E-state index in [0.29, 0.717) is 17.6 Å². The molecule has 0 aromatic rings. The molecule has 2 N–H and O–H groups in total. The van der Waals surface area contributed by atoms with Gasteiger partial charge in [-0.3, -0.25) is 0 Å². The molecule has 0 radical (unpaired) electrons. The second-order valence-electron chi connectivity index (χ2n) is 6.12. The Hall–Kier alpha value is -0.120. The average molecular weight is 255 g/mol. The van der Waals surface area contributed by atoms with Crippen molar-refractivity contribution < 1.29 is 9.84 Å². The van der Waals surface area contributed by atoms with Gasteiger partial charge in [-0.2, -0.15) is 0 Å². The van der Waals surface area contributed by atoms with E-state index in [1.807, 2.05) is 6.92 Å². The first-order valence-corrected chi connectivity index (χ1v) is 7.72. The Kier molecular flexibility index (Phi) is 5.05. The molecule has 0 aromatic heterocycles. The fourth-order valence-electron chi connectivity index (χ4n) is 3.85. The number of aliphatic hydroxyl groups is 1. The molecule has 18 heavy (non-hydrogen) atoms. The molecular formula is C15H29NO2. The Bertz CT molecular complexity index is 249. The van der Waals surface area contributed by atoms with E-state index in [9.17, 15) is 5.11 Å². The van der Waals surface area contributed by atoms with Crippen molar-refractivity contribution in [3.05, 3.63) is 0 Å². The molecule has 3 heteroatoms. The highest BCUT2D eigenvalue weighted by Gasteiger charge is 2.56. The predicted molar refractivity (Wildman–Crippen MR) is 73.6 cm³/mol. The van der Waals surface area contributed by atoms with Gasteiger partial charge in [0.15, 0.2) is 0 Å². The van der Waals surface area contributed by atoms with Crippen molar-refractivity contribution in [2.24, 2.45) is 5.41 Å². The van der Waals surface area contributed by atoms with Gasteiger partial charge in [0, 0.05) is 18.1 Å². The van der Waals surface area contributed by atoms with Crippen LogP contribution in [0.3, 0.4) is 0 Å². The number of rotatable bonds is 7. The molecule has 2 fully saturated rings. The third kappa shape index (κ3) is 2.89. The van der Waals surface area contributed by atoms with Gasteiger partial charge >= 0.3 is 0 Å². The highest BCUT2D eigenvalue weighted by atomic mass is 16.5. The Balaban J connectivity index is 1.76. The van der Waals surface area contributed by atoms with Gasteiger partial charge in [-0.15, -0.1) is 0 Å². The van der Waals surface area contributed by atoms with Crippen molar-refractivity contribution in [1.29, 1.82) is 0 Å². The van der Waals surface area contributed by atoms with Gasteiger partial charge in [0.25, 0.3) is 0 Å². The Morgan fingerprint density at radius 2 is 2.11 bits per heavy atom. The van der Waals surface area contributed by atoms with Gasteiger partial charge in [-0.25, -0.2) is 0 Å². The molecule has 0 amide bonds. The van der Waals surface area contributed by atoms with Crippen LogP contribution in [0.25, 0.3) is 0 Å². The van der Waals surface area contributed by atoms with Crippen molar-refractivity contribution >= 4 is 0 Å². The van der Waals surface area contributed by atoms with Crippen LogP contribution in [0.4, 0.5) is 0 Å². The second kappa shape index (κ2) is 6.36. The zero-order valence-corrected chi connectivity index (χ0v) is 12.0. The van der Waals surface area contributed by atoms with Gasteiger partial charge in [0.05, 0.1) is 12.2 Å². The number of hydrogen-bond donors (Lipinski definition) is 2. The van der Waals surface area contributed by atoms with Crippen LogP contribution < -0.4 is 5.32 Å². The summed E-state index contributed by atoms with van der Waals surface area (Å²) in [5.41, 5.74) is 0.445. The van der Waals surface area contributed by atoms with E-state index in [2.05, 4.69) is 12.2 Å². The first kappa shape index (κ1) is 14.3. The molecular weight excluding hydrogens is 226 g/mol. The normalized spacial score (nSPS) is 31.5. The van der Waals surface area contributed by atoms with Gasteiger partial charge in [0.1, 0.15) is 0 Å². The number of ether oxygens (including phenoxy) is 1. The fourth-order valence-corrected chi connectivity index (χ4v) is 3.85. The Morgan fingerprint density at radius 1 is 1.39 bits per heavy atom. The third-order valence-electron chi connectivity index (χ3n) is 4.88. The van der Waals surface area contributed by atoms with Crippen LogP contribution in [0.1, 0.15) is 58.8 Å². The number of aliphatic hydroxyl groups excluding tert-OH is 1. The Morgan fingerprint density at radius 3 is 2.72 bits per heavy atom. The molecule has 2 rings (SSSR count). The zero-order chi connectivity index (χ0) is 13.0. The molecule has 2 aliphatic carbocycles. The number of nitrogens with one attached hydrogen (secondary N) is 1. The minimum absolute atomic E-state index is 0.162. The number of hydrogen-bond acceptors (Lipinski definition) is 3. The lowest BCUT2D eigenvalue weighted by molar-refractivity contribution is -0.130. The first-order chi connectivity index (χ1) is 8.69. The zero-order valence-electron chi connectivity index (χ0n) is 12.0. The quantitative estimate of drug-likeness (QED) is 0.687. The minimum atomic E-state index is -0.162. The maximum Gasteiger partial charge on any atom is 0.0661 e. The summed E-state index contributed by atoms with van der Waals surface area (Å²) in [6.45, 7) is 5.86. The van der Waals surface area contributed by atoms with E-state index >= 15 is 0 Å². The molecule has 3 nitrogen and oxygen atoms in total. The predicted octanol–water partition coefficient (Wildman–Crippen LogP) is 2.47. The summed E-state index contributed by atoms with van der Waals surface area (Å²) in [5.74, 6) is 0.